The Morgan fingerprint density at radius 2 is 0.781 bits per heavy atom. The van der Waals surface area contributed by atoms with Crippen molar-refractivity contribution < 1.29 is 52.7 Å². The van der Waals surface area contributed by atoms with E-state index in [1.54, 1.807) is 41.5 Å². The molecule has 0 saturated carbocycles. The van der Waals surface area contributed by atoms with Crippen molar-refractivity contribution in [2.75, 3.05) is 13.1 Å². The lowest BCUT2D eigenvalue weighted by Gasteiger charge is -2.28. The Morgan fingerprint density at radius 3 is 1.16 bits per heavy atom. The topological polar surface area (TPSA) is 452 Å². The fourth-order valence-electron chi connectivity index (χ4n) is 7.33. The predicted molar refractivity (Wildman–Crippen MR) is 273 cm³/mol. The number of amides is 11. The molecule has 26 nitrogen and oxygen atoms in total. The molecular formula is C47H87N15O11. The minimum atomic E-state index is -1.45. The standard InChI is InChI=1S/C47H87N15O11/c1-23(2)18-28(48)40(67)57-31(14-16-36(50)64)43(70)58-29(12-11-17-54-47(52)53)42(69)60-34(21-26(7)8)45(72)61-33(20-25(5)6)44(71)59-30(13-15-35(49)63)41(68)55-22-37(65)56-32(19-24(3)4)46(73)62-38(27(9)10)39(51)66/h23-34,38H,11-22,48H2,1-10H3,(H2,49,63)(H2,50,64)(H2,51,66)(H,55,68)(H,56,65)(H,57,67)(H,58,70)(H,59,71)(H,60,69)(H,61,72)(H,62,73)(H4,52,53,54)/t28-,29-,30-,31-,32-,33-,34-,38-/m0/s1. The summed E-state index contributed by atoms with van der Waals surface area (Å²) in [4.78, 5) is 148. The Bertz CT molecular complexity index is 1910. The number of hydrogen-bond acceptors (Lipinski definition) is 13. The van der Waals surface area contributed by atoms with E-state index < -0.39 is 120 Å². The van der Waals surface area contributed by atoms with Gasteiger partial charge >= 0.3 is 0 Å². The molecular weight excluding hydrogens is 951 g/mol. The van der Waals surface area contributed by atoms with Crippen molar-refractivity contribution in [2.24, 2.45) is 69.0 Å². The van der Waals surface area contributed by atoms with Gasteiger partial charge in [0.05, 0.1) is 12.6 Å². The third kappa shape index (κ3) is 28.9. The number of carbonyl (C=O) groups excluding carboxylic acids is 11. The minimum absolute atomic E-state index is 0.0297. The van der Waals surface area contributed by atoms with Crippen LogP contribution in [0.2, 0.25) is 0 Å². The van der Waals surface area contributed by atoms with Gasteiger partial charge in [0.2, 0.25) is 65.0 Å². The average Bonchev–Trinajstić information content (AvgIpc) is 3.26. The number of aliphatic imine (C=N–C) groups is 1. The number of nitrogens with one attached hydrogen (secondary N) is 8. The van der Waals surface area contributed by atoms with Crippen LogP contribution in [0, 0.1) is 29.6 Å². The molecule has 416 valence electrons. The molecule has 20 N–H and O–H groups in total. The third-order valence-electron chi connectivity index (χ3n) is 11.0. The first-order chi connectivity index (χ1) is 33.8. The van der Waals surface area contributed by atoms with Crippen molar-refractivity contribution in [3.05, 3.63) is 0 Å². The van der Waals surface area contributed by atoms with Gasteiger partial charge < -0.3 is 76.9 Å². The van der Waals surface area contributed by atoms with Crippen molar-refractivity contribution in [3.63, 3.8) is 0 Å². The van der Waals surface area contributed by atoms with E-state index in [4.69, 9.17) is 34.4 Å². The summed E-state index contributed by atoms with van der Waals surface area (Å²) in [5.74, 6) is -9.69. The van der Waals surface area contributed by atoms with E-state index in [0.29, 0.717) is 6.42 Å². The Hall–Kier alpha value is -6.60. The number of nitrogens with two attached hydrogens (primary N) is 6. The highest BCUT2D eigenvalue weighted by atomic mass is 16.2. The summed E-state index contributed by atoms with van der Waals surface area (Å²) in [5.41, 5.74) is 33.2. The highest BCUT2D eigenvalue weighted by Crippen LogP contribution is 2.13. The summed E-state index contributed by atoms with van der Waals surface area (Å²) in [7, 11) is 0. The van der Waals surface area contributed by atoms with Crippen LogP contribution >= 0.6 is 0 Å². The van der Waals surface area contributed by atoms with Crippen molar-refractivity contribution in [2.45, 2.75) is 182 Å². The normalized spacial score (nSPS) is 14.6. The quantitative estimate of drug-likeness (QED) is 0.0167. The average molecular weight is 1040 g/mol. The van der Waals surface area contributed by atoms with Crippen molar-refractivity contribution in [3.8, 4) is 0 Å². The number of hydrogen-bond donors (Lipinski definition) is 14. The van der Waals surface area contributed by atoms with Gasteiger partial charge in [-0.3, -0.25) is 57.7 Å². The molecule has 0 aromatic heterocycles. The highest BCUT2D eigenvalue weighted by molar-refractivity contribution is 5.98. The zero-order valence-corrected chi connectivity index (χ0v) is 44.4. The molecule has 11 amide bonds. The van der Waals surface area contributed by atoms with Crippen LogP contribution in [-0.4, -0.2) is 132 Å². The third-order valence-corrected chi connectivity index (χ3v) is 11.0. The van der Waals surface area contributed by atoms with Crippen LogP contribution in [-0.2, 0) is 52.7 Å². The van der Waals surface area contributed by atoms with E-state index >= 15 is 0 Å². The monoisotopic (exact) mass is 1040 g/mol. The number of carbonyl (C=O) groups is 11. The van der Waals surface area contributed by atoms with Gasteiger partial charge in [0.15, 0.2) is 5.96 Å². The number of nitrogens with zero attached hydrogens (tertiary/aromatic N) is 1. The van der Waals surface area contributed by atoms with E-state index in [2.05, 4.69) is 47.5 Å². The molecule has 0 aliphatic carbocycles. The molecule has 0 bridgehead atoms. The lowest BCUT2D eigenvalue weighted by Crippen LogP contribution is -2.60. The van der Waals surface area contributed by atoms with Crippen LogP contribution in [0.4, 0.5) is 0 Å². The largest absolute Gasteiger partial charge is 0.370 e. The number of rotatable bonds is 36. The van der Waals surface area contributed by atoms with Crippen LogP contribution in [0.25, 0.3) is 0 Å². The predicted octanol–water partition coefficient (Wildman–Crippen LogP) is -3.27. The number of primary amides is 3. The first kappa shape index (κ1) is 66.4. The van der Waals surface area contributed by atoms with E-state index in [9.17, 15) is 52.7 Å². The van der Waals surface area contributed by atoms with Gasteiger partial charge in [-0.2, -0.15) is 0 Å². The summed E-state index contributed by atoms with van der Waals surface area (Å²) >= 11 is 0. The second kappa shape index (κ2) is 33.9. The van der Waals surface area contributed by atoms with E-state index in [-0.39, 0.29) is 99.9 Å². The van der Waals surface area contributed by atoms with Crippen molar-refractivity contribution >= 4 is 70.9 Å². The van der Waals surface area contributed by atoms with Gasteiger partial charge in [0.25, 0.3) is 0 Å². The van der Waals surface area contributed by atoms with Crippen LogP contribution in [0.5, 0.6) is 0 Å². The molecule has 0 unspecified atom stereocenters. The van der Waals surface area contributed by atoms with Gasteiger partial charge in [0, 0.05) is 19.4 Å². The first-order valence-corrected chi connectivity index (χ1v) is 24.9. The van der Waals surface area contributed by atoms with Gasteiger partial charge in [-0.25, -0.2) is 0 Å². The van der Waals surface area contributed by atoms with Crippen LogP contribution in [0.3, 0.4) is 0 Å². The lowest BCUT2D eigenvalue weighted by atomic mass is 9.99. The Kier molecular flexibility index (Phi) is 30.9. The summed E-state index contributed by atoms with van der Waals surface area (Å²) in [6.07, 6.45) is -0.555. The van der Waals surface area contributed by atoms with Crippen molar-refractivity contribution in [1.82, 2.24) is 42.5 Å². The Morgan fingerprint density at radius 1 is 0.425 bits per heavy atom. The molecule has 73 heavy (non-hydrogen) atoms. The number of guanidine groups is 1. The summed E-state index contributed by atoms with van der Waals surface area (Å²) in [5, 5.41) is 20.6. The Labute approximate surface area is 429 Å². The van der Waals surface area contributed by atoms with Gasteiger partial charge in [-0.15, -0.1) is 0 Å². The fourth-order valence-corrected chi connectivity index (χ4v) is 7.33. The lowest BCUT2D eigenvalue weighted by molar-refractivity contribution is -0.136. The molecule has 0 aliphatic heterocycles. The highest BCUT2D eigenvalue weighted by Gasteiger charge is 2.34. The molecule has 0 aromatic carbocycles. The maximum atomic E-state index is 14.2. The molecule has 0 rings (SSSR count). The molecule has 0 radical (unpaired) electrons. The molecule has 0 aliphatic rings. The summed E-state index contributed by atoms with van der Waals surface area (Å²) < 4.78 is 0. The summed E-state index contributed by atoms with van der Waals surface area (Å²) in [6.45, 7) is 17.2. The van der Waals surface area contributed by atoms with Crippen LogP contribution in [0.15, 0.2) is 4.99 Å². The second-order valence-corrected chi connectivity index (χ2v) is 20.4. The molecule has 0 spiro atoms. The minimum Gasteiger partial charge on any atom is -0.370 e. The van der Waals surface area contributed by atoms with Gasteiger partial charge in [-0.05, 0) is 81.0 Å². The van der Waals surface area contributed by atoms with E-state index in [1.807, 2.05) is 27.7 Å². The van der Waals surface area contributed by atoms with Gasteiger partial charge in [0.1, 0.15) is 42.3 Å². The second-order valence-electron chi connectivity index (χ2n) is 20.4. The first-order valence-electron chi connectivity index (χ1n) is 24.9. The zero-order chi connectivity index (χ0) is 56.3. The maximum Gasteiger partial charge on any atom is 0.243 e. The van der Waals surface area contributed by atoms with Crippen LogP contribution in [0.1, 0.15) is 133 Å². The molecule has 0 fully saturated rings. The fraction of sp³-hybridized carbons (Fsp3) is 0.745. The molecule has 8 atom stereocenters. The van der Waals surface area contributed by atoms with Crippen LogP contribution < -0.4 is 76.9 Å². The molecule has 0 saturated heterocycles. The molecule has 0 aromatic rings. The SMILES string of the molecule is CC(C)C[C@H](NC(=O)CNC(=O)[C@H](CCC(N)=O)NC(=O)[C@H](CC(C)C)NC(=O)[C@H](CC(C)C)NC(=O)[C@H](CCCN=C(N)N)NC(=O)[C@H](CCC(N)=O)NC(=O)[C@@H](N)CC(C)C)C(=O)N[C@H](C(N)=O)C(C)C. The molecule has 0 heterocycles. The van der Waals surface area contributed by atoms with Gasteiger partial charge in [-0.1, -0.05) is 69.2 Å². The smallest absolute Gasteiger partial charge is 0.243 e. The van der Waals surface area contributed by atoms with Crippen molar-refractivity contribution in [1.29, 1.82) is 0 Å². The Balaban J connectivity index is 6.59. The summed E-state index contributed by atoms with van der Waals surface area (Å²) in [6, 6.07) is -9.85. The molecule has 26 heteroatoms. The zero-order valence-electron chi connectivity index (χ0n) is 44.4. The maximum absolute atomic E-state index is 14.2. The van der Waals surface area contributed by atoms with E-state index in [0.717, 1.165) is 0 Å². The van der Waals surface area contributed by atoms with E-state index in [1.165, 1.54) is 0 Å².